The predicted molar refractivity (Wildman–Crippen MR) is 116 cm³/mol. The molecule has 2 aromatic heterocycles. The van der Waals surface area contributed by atoms with Gasteiger partial charge in [0.15, 0.2) is 0 Å². The molecule has 1 N–H and O–H groups in total. The van der Waals surface area contributed by atoms with Crippen molar-refractivity contribution in [3.05, 3.63) is 82.2 Å². The molecule has 0 radical (unpaired) electrons. The number of thiophene rings is 1. The molecule has 148 valence electrons. The van der Waals surface area contributed by atoms with Crippen molar-refractivity contribution in [1.82, 2.24) is 14.8 Å². The number of allylic oxidation sites excluding steroid dienone is 1. The number of hydrogen-bond acceptors (Lipinski definition) is 7. The van der Waals surface area contributed by atoms with Crippen molar-refractivity contribution < 1.29 is 9.53 Å². The standard InChI is InChI=1S/C21H20N4O2S2/c1-3-11-27-19(26)17-14(2)22-20-23-21(29-13-15-8-5-4-6-9-15)24-25(20)18(17)16-10-7-12-28-16/h3-10,12,18H,1,11,13H2,2H3,(H,22,23,24). The molecule has 1 aliphatic heterocycles. The Labute approximate surface area is 177 Å². The lowest BCUT2D eigenvalue weighted by molar-refractivity contribution is -0.138. The van der Waals surface area contributed by atoms with Crippen LogP contribution in [0.2, 0.25) is 0 Å². The van der Waals surface area contributed by atoms with Crippen molar-refractivity contribution in [1.29, 1.82) is 0 Å². The van der Waals surface area contributed by atoms with Crippen molar-refractivity contribution in [3.63, 3.8) is 0 Å². The fourth-order valence-electron chi connectivity index (χ4n) is 3.10. The average molecular weight is 425 g/mol. The van der Waals surface area contributed by atoms with Crippen LogP contribution in [0.1, 0.15) is 23.4 Å². The Morgan fingerprint density at radius 1 is 1.34 bits per heavy atom. The van der Waals surface area contributed by atoms with E-state index in [1.54, 1.807) is 33.9 Å². The smallest absolute Gasteiger partial charge is 0.338 e. The van der Waals surface area contributed by atoms with Crippen molar-refractivity contribution in [2.45, 2.75) is 23.9 Å². The van der Waals surface area contributed by atoms with Crippen LogP contribution in [0.3, 0.4) is 0 Å². The number of benzene rings is 1. The number of esters is 1. The lowest BCUT2D eigenvalue weighted by atomic mass is 10.0. The highest BCUT2D eigenvalue weighted by atomic mass is 32.2. The summed E-state index contributed by atoms with van der Waals surface area (Å²) < 4.78 is 7.11. The van der Waals surface area contributed by atoms with Gasteiger partial charge in [-0.2, -0.15) is 4.98 Å². The van der Waals surface area contributed by atoms with E-state index in [2.05, 4.69) is 29.0 Å². The third-order valence-corrected chi connectivity index (χ3v) is 6.24. The Morgan fingerprint density at radius 2 is 2.17 bits per heavy atom. The van der Waals surface area contributed by atoms with Gasteiger partial charge in [0.05, 0.1) is 5.57 Å². The van der Waals surface area contributed by atoms with Crippen LogP contribution in [0.5, 0.6) is 0 Å². The monoisotopic (exact) mass is 424 g/mol. The largest absolute Gasteiger partial charge is 0.458 e. The van der Waals surface area contributed by atoms with Gasteiger partial charge in [0.2, 0.25) is 11.1 Å². The molecule has 1 atom stereocenters. The minimum Gasteiger partial charge on any atom is -0.458 e. The molecule has 4 rings (SSSR count). The molecule has 0 amide bonds. The zero-order valence-electron chi connectivity index (χ0n) is 15.9. The molecular formula is C21H20N4O2S2. The topological polar surface area (TPSA) is 69.0 Å². The average Bonchev–Trinajstić information content (AvgIpc) is 3.40. The van der Waals surface area contributed by atoms with Gasteiger partial charge in [-0.15, -0.1) is 16.4 Å². The van der Waals surface area contributed by atoms with Crippen molar-refractivity contribution in [2.75, 3.05) is 11.9 Å². The van der Waals surface area contributed by atoms with Crippen LogP contribution >= 0.6 is 23.1 Å². The highest BCUT2D eigenvalue weighted by Crippen LogP contribution is 2.38. The molecule has 8 heteroatoms. The van der Waals surface area contributed by atoms with Gasteiger partial charge in [-0.25, -0.2) is 9.48 Å². The first kappa shape index (κ1) is 19.5. The van der Waals surface area contributed by atoms with E-state index >= 15 is 0 Å². The number of carbonyl (C=O) groups is 1. The second-order valence-electron chi connectivity index (χ2n) is 6.41. The minimum absolute atomic E-state index is 0.162. The van der Waals surface area contributed by atoms with Gasteiger partial charge in [0, 0.05) is 16.3 Å². The number of anilines is 1. The number of fused-ring (bicyclic) bond motifs is 1. The first-order chi connectivity index (χ1) is 14.2. The molecule has 1 aliphatic rings. The summed E-state index contributed by atoms with van der Waals surface area (Å²) in [6.45, 7) is 5.64. The summed E-state index contributed by atoms with van der Waals surface area (Å²) in [5.74, 6) is 1.01. The van der Waals surface area contributed by atoms with E-state index < -0.39 is 0 Å². The molecule has 6 nitrogen and oxygen atoms in total. The Balaban J connectivity index is 1.65. The van der Waals surface area contributed by atoms with Crippen molar-refractivity contribution in [2.24, 2.45) is 0 Å². The summed E-state index contributed by atoms with van der Waals surface area (Å²) in [6, 6.07) is 13.8. The Kier molecular flexibility index (Phi) is 5.82. The van der Waals surface area contributed by atoms with Crippen LogP contribution in [0, 0.1) is 0 Å². The van der Waals surface area contributed by atoms with E-state index in [9.17, 15) is 4.79 Å². The van der Waals surface area contributed by atoms with E-state index in [0.29, 0.717) is 16.7 Å². The number of aromatic nitrogens is 3. The highest BCUT2D eigenvalue weighted by Gasteiger charge is 2.35. The molecule has 1 aromatic carbocycles. The second kappa shape index (κ2) is 8.67. The number of nitrogens with one attached hydrogen (secondary N) is 1. The first-order valence-electron chi connectivity index (χ1n) is 9.10. The molecule has 0 aliphatic carbocycles. The maximum Gasteiger partial charge on any atom is 0.338 e. The summed E-state index contributed by atoms with van der Waals surface area (Å²) in [7, 11) is 0. The highest BCUT2D eigenvalue weighted by molar-refractivity contribution is 7.98. The zero-order chi connectivity index (χ0) is 20.2. The SMILES string of the molecule is C=CCOC(=O)C1=C(C)Nc2nc(SCc3ccccc3)nn2C1c1cccs1. The van der Waals surface area contributed by atoms with Gasteiger partial charge in [-0.3, -0.25) is 0 Å². The zero-order valence-corrected chi connectivity index (χ0v) is 17.5. The lowest BCUT2D eigenvalue weighted by Crippen LogP contribution is -2.29. The van der Waals surface area contributed by atoms with Gasteiger partial charge in [-0.05, 0) is 23.9 Å². The third kappa shape index (κ3) is 4.13. The number of thioether (sulfide) groups is 1. The van der Waals surface area contributed by atoms with Gasteiger partial charge in [-0.1, -0.05) is 60.8 Å². The maximum atomic E-state index is 12.8. The summed E-state index contributed by atoms with van der Waals surface area (Å²) in [5.41, 5.74) is 2.46. The maximum absolute atomic E-state index is 12.8. The summed E-state index contributed by atoms with van der Waals surface area (Å²) >= 11 is 3.14. The molecule has 0 saturated heterocycles. The molecule has 0 spiro atoms. The minimum atomic E-state index is -0.382. The summed E-state index contributed by atoms with van der Waals surface area (Å²) in [4.78, 5) is 18.4. The van der Waals surface area contributed by atoms with E-state index in [0.717, 1.165) is 16.3 Å². The number of rotatable bonds is 7. The van der Waals surface area contributed by atoms with Crippen LogP contribution in [-0.4, -0.2) is 27.3 Å². The molecule has 0 bridgehead atoms. The van der Waals surface area contributed by atoms with Gasteiger partial charge < -0.3 is 10.1 Å². The summed E-state index contributed by atoms with van der Waals surface area (Å²) in [5, 5.41) is 10.6. The fraction of sp³-hybridized carbons (Fsp3) is 0.190. The van der Waals surface area contributed by atoms with Gasteiger partial charge >= 0.3 is 5.97 Å². The normalized spacial score (nSPS) is 15.6. The number of ether oxygens (including phenoxy) is 1. The van der Waals surface area contributed by atoms with Crippen LogP contribution < -0.4 is 5.32 Å². The van der Waals surface area contributed by atoms with Gasteiger partial charge in [0.1, 0.15) is 12.6 Å². The Morgan fingerprint density at radius 3 is 2.90 bits per heavy atom. The predicted octanol–water partition coefficient (Wildman–Crippen LogP) is 4.65. The van der Waals surface area contributed by atoms with Crippen LogP contribution in [-0.2, 0) is 15.3 Å². The molecule has 3 aromatic rings. The quantitative estimate of drug-likeness (QED) is 0.338. The lowest BCUT2D eigenvalue weighted by Gasteiger charge is -2.27. The van der Waals surface area contributed by atoms with E-state index in [-0.39, 0.29) is 18.6 Å². The van der Waals surface area contributed by atoms with Crippen LogP contribution in [0.4, 0.5) is 5.95 Å². The molecule has 1 unspecified atom stereocenters. The fourth-order valence-corrected chi connectivity index (χ4v) is 4.70. The number of hydrogen-bond donors (Lipinski definition) is 1. The van der Waals surface area contributed by atoms with E-state index in [1.165, 1.54) is 5.56 Å². The molecule has 0 saturated carbocycles. The van der Waals surface area contributed by atoms with E-state index in [1.807, 2.05) is 42.6 Å². The second-order valence-corrected chi connectivity index (χ2v) is 8.33. The molecular weight excluding hydrogens is 404 g/mol. The number of carbonyl (C=O) groups excluding carboxylic acids is 1. The van der Waals surface area contributed by atoms with E-state index in [4.69, 9.17) is 9.84 Å². The molecule has 29 heavy (non-hydrogen) atoms. The molecule has 3 heterocycles. The first-order valence-corrected chi connectivity index (χ1v) is 11.0. The Bertz CT molecular complexity index is 1040. The number of nitrogens with zero attached hydrogens (tertiary/aromatic N) is 3. The van der Waals surface area contributed by atoms with Crippen molar-refractivity contribution in [3.8, 4) is 0 Å². The summed E-state index contributed by atoms with van der Waals surface area (Å²) in [6.07, 6.45) is 1.56. The van der Waals surface area contributed by atoms with Crippen LogP contribution in [0.15, 0.2) is 76.9 Å². The van der Waals surface area contributed by atoms with Gasteiger partial charge in [0.25, 0.3) is 0 Å². The molecule has 0 fully saturated rings. The third-order valence-electron chi connectivity index (χ3n) is 4.41. The van der Waals surface area contributed by atoms with Crippen LogP contribution in [0.25, 0.3) is 0 Å². The van der Waals surface area contributed by atoms with Crippen molar-refractivity contribution >= 4 is 35.0 Å². The Hall–Kier alpha value is -2.84.